The molecule has 2 aliphatic heterocycles. The first kappa shape index (κ1) is 41.0. The Labute approximate surface area is 340 Å². The van der Waals surface area contributed by atoms with Crippen LogP contribution in [-0.2, 0) is 24.4 Å². The van der Waals surface area contributed by atoms with Gasteiger partial charge in [-0.1, -0.05) is 30.2 Å². The van der Waals surface area contributed by atoms with Crippen LogP contribution in [0, 0.1) is 11.7 Å². The lowest BCUT2D eigenvalue weighted by Crippen LogP contribution is -2.58. The molecule has 4 aliphatic rings. The Balaban J connectivity index is 1.14. The Hall–Kier alpha value is -5.79. The third-order valence-electron chi connectivity index (χ3n) is 11.7. The van der Waals surface area contributed by atoms with Crippen LogP contribution >= 0.6 is 0 Å². The van der Waals surface area contributed by atoms with Crippen molar-refractivity contribution in [1.82, 2.24) is 30.4 Å². The van der Waals surface area contributed by atoms with E-state index in [2.05, 4.69) is 30.2 Å². The molecule has 318 valence electrons. The quantitative estimate of drug-likeness (QED) is 0.123. The highest BCUT2D eigenvalue weighted by Gasteiger charge is 2.63. The number of allylic oxidation sites excluding steroid dienone is 1. The van der Waals surface area contributed by atoms with Gasteiger partial charge in [0.1, 0.15) is 41.6 Å². The van der Waals surface area contributed by atoms with Crippen LogP contribution in [0.3, 0.4) is 0 Å². The summed E-state index contributed by atoms with van der Waals surface area (Å²) in [5.41, 5.74) is -1.77. The molecule has 0 unspecified atom stereocenters. The Morgan fingerprint density at radius 1 is 1.03 bits per heavy atom. The van der Waals surface area contributed by atoms with E-state index in [0.29, 0.717) is 43.9 Å². The number of hydrogen-bond acceptors (Lipinski definition) is 11. The maximum absolute atomic E-state index is 14.6. The summed E-state index contributed by atoms with van der Waals surface area (Å²) in [5, 5.41) is 9.97. The highest BCUT2D eigenvalue weighted by Crippen LogP contribution is 2.47. The number of nitrogens with one attached hydrogen (secondary N) is 3. The fourth-order valence-electron chi connectivity index (χ4n) is 7.88. The van der Waals surface area contributed by atoms with E-state index in [4.69, 9.17) is 9.26 Å². The lowest BCUT2D eigenvalue weighted by molar-refractivity contribution is -0.274. The fraction of sp³-hybridized carbons (Fsp3) is 0.450. The van der Waals surface area contributed by atoms with Gasteiger partial charge in [0, 0.05) is 35.2 Å². The number of rotatable bonds is 8. The monoisotopic (exact) mass is 856 g/mol. The molecule has 20 heteroatoms. The first-order chi connectivity index (χ1) is 28.4. The third-order valence-corrected chi connectivity index (χ3v) is 13.8. The SMILES string of the molecule is CC1(S(=O)(=O)NC(=O)[C@@]23C[C@H]2/C=C\CCCCC[C@H](NC(=O)c2ccon2)C(=O)N2C[C@H](Oc4nc5cc(OC(F)(F)F)ccc5c5cc(F)ccc45)C[C@H]2C(=O)N3)CC1. The summed E-state index contributed by atoms with van der Waals surface area (Å²) in [6.07, 6.45) is 2.09. The Bertz CT molecular complexity index is 2510. The van der Waals surface area contributed by atoms with E-state index in [0.717, 1.165) is 18.2 Å². The number of sulfonamides is 1. The summed E-state index contributed by atoms with van der Waals surface area (Å²) < 4.78 is 96.7. The number of fused-ring (bicyclic) bond motifs is 5. The number of halogens is 4. The number of nitrogens with zero attached hydrogens (tertiary/aromatic N) is 3. The third kappa shape index (κ3) is 8.20. The van der Waals surface area contributed by atoms with E-state index in [9.17, 15) is 45.2 Å². The Kier molecular flexibility index (Phi) is 10.5. The molecular formula is C40H40F4N6O9S. The molecule has 0 spiro atoms. The highest BCUT2D eigenvalue weighted by atomic mass is 32.2. The summed E-state index contributed by atoms with van der Waals surface area (Å²) in [5.74, 6) is -4.98. The van der Waals surface area contributed by atoms with E-state index in [-0.39, 0.29) is 53.7 Å². The molecule has 8 rings (SSSR count). The topological polar surface area (TPSA) is 199 Å². The minimum atomic E-state index is -5.01. The van der Waals surface area contributed by atoms with Crippen molar-refractivity contribution in [1.29, 1.82) is 0 Å². The molecule has 2 aromatic carbocycles. The van der Waals surface area contributed by atoms with Crippen LogP contribution in [0.5, 0.6) is 11.6 Å². The van der Waals surface area contributed by atoms with Crippen molar-refractivity contribution < 1.29 is 59.2 Å². The van der Waals surface area contributed by atoms with Gasteiger partial charge in [0.05, 0.1) is 16.8 Å². The van der Waals surface area contributed by atoms with Gasteiger partial charge in [0.15, 0.2) is 5.69 Å². The molecule has 4 amide bonds. The van der Waals surface area contributed by atoms with E-state index in [1.165, 1.54) is 42.4 Å². The molecule has 15 nitrogen and oxygen atoms in total. The molecule has 60 heavy (non-hydrogen) atoms. The van der Waals surface area contributed by atoms with Crippen LogP contribution < -0.4 is 24.8 Å². The second-order valence-corrected chi connectivity index (χ2v) is 18.1. The van der Waals surface area contributed by atoms with Gasteiger partial charge in [0.2, 0.25) is 27.7 Å². The van der Waals surface area contributed by atoms with Crippen LogP contribution in [0.15, 0.2) is 65.4 Å². The lowest BCUT2D eigenvalue weighted by atomic mass is 10.0. The van der Waals surface area contributed by atoms with E-state index >= 15 is 0 Å². The summed E-state index contributed by atoms with van der Waals surface area (Å²) in [4.78, 5) is 61.9. The maximum atomic E-state index is 14.6. The smallest absolute Gasteiger partial charge is 0.472 e. The minimum Gasteiger partial charge on any atom is -0.472 e. The van der Waals surface area contributed by atoms with Crippen molar-refractivity contribution in [2.45, 2.75) is 99.5 Å². The predicted molar refractivity (Wildman–Crippen MR) is 204 cm³/mol. The van der Waals surface area contributed by atoms with E-state index in [1.54, 1.807) is 6.08 Å². The summed E-state index contributed by atoms with van der Waals surface area (Å²) >= 11 is 0. The number of amides is 4. The second kappa shape index (κ2) is 15.3. The molecule has 5 atom stereocenters. The fourth-order valence-corrected chi connectivity index (χ4v) is 9.19. The number of hydrogen-bond donors (Lipinski definition) is 3. The summed E-state index contributed by atoms with van der Waals surface area (Å²) in [6.45, 7) is 1.26. The van der Waals surface area contributed by atoms with Gasteiger partial charge in [-0.25, -0.2) is 17.8 Å². The van der Waals surface area contributed by atoms with Crippen molar-refractivity contribution in [3.8, 4) is 11.6 Å². The Morgan fingerprint density at radius 3 is 2.55 bits per heavy atom. The van der Waals surface area contributed by atoms with Crippen molar-refractivity contribution in [3.63, 3.8) is 0 Å². The number of benzene rings is 2. The van der Waals surface area contributed by atoms with Crippen LogP contribution in [0.1, 0.15) is 75.2 Å². The number of aromatic nitrogens is 2. The first-order valence-electron chi connectivity index (χ1n) is 19.5. The Morgan fingerprint density at radius 2 is 1.82 bits per heavy atom. The van der Waals surface area contributed by atoms with Gasteiger partial charge in [-0.15, -0.1) is 13.2 Å². The zero-order valence-corrected chi connectivity index (χ0v) is 32.9. The molecular weight excluding hydrogens is 817 g/mol. The number of carbonyl (C=O) groups excluding carboxylic acids is 4. The number of alkyl halides is 3. The molecule has 2 aromatic heterocycles. The molecule has 4 aromatic rings. The molecule has 2 saturated carbocycles. The van der Waals surface area contributed by atoms with Crippen molar-refractivity contribution in [3.05, 3.63) is 72.4 Å². The standard InChI is InChI=1S/C40H40F4N6O9S/c1-38(14-15-38)60(55,56)49-37(54)39-20-22(39)7-5-3-2-4-6-8-30(45-33(51)29-13-16-57-48-29)36(53)50-21-25(19-32(50)34(52)47-39)58-35-27-11-9-23(41)17-28(27)26-12-10-24(18-31(26)46-35)59-40(42,43)44/h5,7,9-13,16-18,22,25,30,32H,2-4,6,8,14-15,19-21H2,1H3,(H,45,51)(H,47,52)(H,49,54)/b7-5-/t22-,25-,30+,32+,39-/m1/s1. The lowest BCUT2D eigenvalue weighted by Gasteiger charge is -2.30. The first-order valence-corrected chi connectivity index (χ1v) is 21.0. The van der Waals surface area contributed by atoms with Crippen LogP contribution in [0.4, 0.5) is 17.6 Å². The van der Waals surface area contributed by atoms with Crippen molar-refractivity contribution >= 4 is 55.3 Å². The highest BCUT2D eigenvalue weighted by molar-refractivity contribution is 7.91. The van der Waals surface area contributed by atoms with Gasteiger partial charge < -0.3 is 29.5 Å². The van der Waals surface area contributed by atoms with Gasteiger partial charge in [0.25, 0.3) is 11.8 Å². The minimum absolute atomic E-state index is 0.0297. The second-order valence-electron chi connectivity index (χ2n) is 15.9. The van der Waals surface area contributed by atoms with Crippen LogP contribution in [0.2, 0.25) is 0 Å². The molecule has 4 heterocycles. The average molecular weight is 857 g/mol. The largest absolute Gasteiger partial charge is 0.573 e. The zero-order valence-electron chi connectivity index (χ0n) is 32.1. The average Bonchev–Trinajstić information content (AvgIpc) is 3.93. The molecule has 0 bridgehead atoms. The molecule has 3 N–H and O–H groups in total. The van der Waals surface area contributed by atoms with Crippen molar-refractivity contribution in [2.75, 3.05) is 6.54 Å². The zero-order chi connectivity index (χ0) is 42.6. The number of ether oxygens (including phenoxy) is 2. The van der Waals surface area contributed by atoms with E-state index in [1.807, 2.05) is 6.08 Å². The molecule has 3 fully saturated rings. The van der Waals surface area contributed by atoms with Crippen molar-refractivity contribution in [2.24, 2.45) is 5.92 Å². The van der Waals surface area contributed by atoms with Gasteiger partial charge in [-0.3, -0.25) is 23.9 Å². The van der Waals surface area contributed by atoms with Gasteiger partial charge >= 0.3 is 6.36 Å². The maximum Gasteiger partial charge on any atom is 0.573 e. The molecule has 0 radical (unpaired) electrons. The number of carbonyl (C=O) groups is 4. The van der Waals surface area contributed by atoms with Crippen LogP contribution in [0.25, 0.3) is 21.7 Å². The van der Waals surface area contributed by atoms with E-state index < -0.39 is 86.0 Å². The van der Waals surface area contributed by atoms with Gasteiger partial charge in [-0.2, -0.15) is 0 Å². The number of pyridine rings is 1. The summed E-state index contributed by atoms with van der Waals surface area (Å²) in [7, 11) is -4.09. The predicted octanol–water partition coefficient (Wildman–Crippen LogP) is 4.95. The molecule has 1 saturated heterocycles. The molecule has 2 aliphatic carbocycles. The van der Waals surface area contributed by atoms with Crippen LogP contribution in [-0.4, -0.2) is 88.5 Å². The van der Waals surface area contributed by atoms with Gasteiger partial charge in [-0.05, 0) is 81.2 Å². The normalized spacial score (nSPS) is 26.2. The summed E-state index contributed by atoms with van der Waals surface area (Å²) in [6, 6.07) is 5.93.